The van der Waals surface area contributed by atoms with Crippen molar-refractivity contribution in [1.29, 1.82) is 0 Å². The van der Waals surface area contributed by atoms with Gasteiger partial charge in [-0.05, 0) is 159 Å². The Kier molecular flexibility index (Phi) is 15.9. The average molecular weight is 1240 g/mol. The van der Waals surface area contributed by atoms with E-state index in [4.69, 9.17) is 37.6 Å². The van der Waals surface area contributed by atoms with Crippen molar-refractivity contribution >= 4 is 149 Å². The third-order valence-corrected chi connectivity index (χ3v) is 12.4. The van der Waals surface area contributed by atoms with Crippen LogP contribution in [0.2, 0.25) is 0 Å². The van der Waals surface area contributed by atoms with Gasteiger partial charge < -0.3 is 24.8 Å². The van der Waals surface area contributed by atoms with Crippen LogP contribution in [-0.4, -0.2) is 56.0 Å². The predicted molar refractivity (Wildman–Crippen MR) is 262 cm³/mol. The van der Waals surface area contributed by atoms with Crippen molar-refractivity contribution in [2.24, 2.45) is 0 Å². The van der Waals surface area contributed by atoms with Gasteiger partial charge in [-0.1, -0.05) is 20.6 Å². The number of thiocarbonyl (C=S) groups is 2. The molecule has 2 saturated carbocycles. The van der Waals surface area contributed by atoms with Gasteiger partial charge in [0, 0.05) is 22.0 Å². The van der Waals surface area contributed by atoms with Crippen molar-refractivity contribution in [3.8, 4) is 0 Å². The first kappa shape index (κ1) is 48.6. The van der Waals surface area contributed by atoms with Crippen molar-refractivity contribution in [1.82, 2.24) is 15.3 Å². The van der Waals surface area contributed by atoms with E-state index in [0.29, 0.717) is 83.5 Å². The van der Waals surface area contributed by atoms with E-state index in [1.54, 1.807) is 54.0 Å². The SMILES string of the molecule is C.[C-]#[N+]c1ncc(N2C(=O)C3(CCC3)N(c3ccc(C(=O)NC)c(F)c3)C2=S)cc1C.[C-]#[N+]c1ncc(N2C(=O)C3(CCC3)N(c3ccc(I)c(F)c3)C2=S)cc1C.[I][V][I]. The fourth-order valence-corrected chi connectivity index (χ4v) is 8.86. The van der Waals surface area contributed by atoms with E-state index < -0.39 is 22.8 Å². The van der Waals surface area contributed by atoms with Crippen LogP contribution in [0.5, 0.6) is 0 Å². The molecular formula is C41H36F2I3N9O3S2V. The second-order valence-corrected chi connectivity index (χ2v) is 27.8. The molecule has 1 N–H and O–H groups in total. The molecule has 20 heteroatoms. The topological polar surface area (TPSA) is 111 Å². The van der Waals surface area contributed by atoms with Crippen LogP contribution in [-0.2, 0) is 19.1 Å². The van der Waals surface area contributed by atoms with E-state index in [-0.39, 0.29) is 41.6 Å². The van der Waals surface area contributed by atoms with E-state index >= 15 is 0 Å². The van der Waals surface area contributed by atoms with Crippen molar-refractivity contribution in [3.63, 3.8) is 0 Å². The number of hydrogen-bond donors (Lipinski definition) is 1. The first-order valence-corrected chi connectivity index (χ1v) is 29.0. The molecule has 0 bridgehead atoms. The summed E-state index contributed by atoms with van der Waals surface area (Å²) in [6, 6.07) is 12.6. The summed E-state index contributed by atoms with van der Waals surface area (Å²) in [5.74, 6) is -1.30. The monoisotopic (exact) mass is 1240 g/mol. The molecule has 2 aromatic carbocycles. The Labute approximate surface area is 406 Å². The van der Waals surface area contributed by atoms with Gasteiger partial charge in [-0.25, -0.2) is 8.78 Å². The number of benzene rings is 2. The second kappa shape index (κ2) is 19.9. The first-order chi connectivity index (χ1) is 28.6. The molecule has 4 fully saturated rings. The van der Waals surface area contributed by atoms with Gasteiger partial charge in [-0.3, -0.25) is 24.2 Å². The Balaban J connectivity index is 0.000000215. The molecule has 4 aromatic rings. The van der Waals surface area contributed by atoms with Gasteiger partial charge in [0.2, 0.25) is 0 Å². The number of carbonyl (C=O) groups excluding carboxylic acids is 3. The summed E-state index contributed by atoms with van der Waals surface area (Å²) in [4.78, 5) is 59.9. The Hall–Kier alpha value is -3.46. The van der Waals surface area contributed by atoms with E-state index in [1.165, 1.54) is 47.4 Å². The molecule has 61 heavy (non-hydrogen) atoms. The molecule has 2 aromatic heterocycles. The van der Waals surface area contributed by atoms with E-state index in [1.807, 2.05) is 22.6 Å². The predicted octanol–water partition coefficient (Wildman–Crippen LogP) is 10.7. The summed E-state index contributed by atoms with van der Waals surface area (Å²) in [5.41, 5.74) is 1.62. The quantitative estimate of drug-likeness (QED) is 0.119. The van der Waals surface area contributed by atoms with Crippen molar-refractivity contribution < 1.29 is 32.6 Å². The van der Waals surface area contributed by atoms with Gasteiger partial charge in [0.05, 0.1) is 16.9 Å². The number of aromatic nitrogens is 2. The van der Waals surface area contributed by atoms with Crippen LogP contribution in [0.15, 0.2) is 60.9 Å². The second-order valence-electron chi connectivity index (χ2n) is 14.1. The van der Waals surface area contributed by atoms with E-state index in [2.05, 4.69) is 64.9 Å². The van der Waals surface area contributed by atoms with Crippen molar-refractivity contribution in [2.45, 2.75) is 70.9 Å². The van der Waals surface area contributed by atoms with Crippen LogP contribution < -0.4 is 24.9 Å². The van der Waals surface area contributed by atoms with Crippen molar-refractivity contribution in [2.75, 3.05) is 26.6 Å². The molecule has 2 saturated heterocycles. The summed E-state index contributed by atoms with van der Waals surface area (Å²) in [7, 11) is 2.06. The zero-order chi connectivity index (χ0) is 43.7. The molecule has 0 atom stereocenters. The van der Waals surface area contributed by atoms with E-state index in [9.17, 15) is 23.2 Å². The zero-order valence-corrected chi connectivity index (χ0v) is 41.5. The maximum atomic E-state index is 14.6. The molecule has 2 aliphatic heterocycles. The summed E-state index contributed by atoms with van der Waals surface area (Å²) in [5, 5.41) is 2.94. The molecule has 2 aliphatic carbocycles. The molecule has 4 aliphatic rings. The summed E-state index contributed by atoms with van der Waals surface area (Å²) in [6.07, 6.45) is 7.24. The number of nitrogens with one attached hydrogen (secondary N) is 1. The number of pyridine rings is 2. The molecule has 3 amide bonds. The Morgan fingerprint density at radius 3 is 1.51 bits per heavy atom. The minimum atomic E-state index is -0.871. The molecule has 4 heterocycles. The first-order valence-electron chi connectivity index (χ1n) is 18.1. The van der Waals surface area contributed by atoms with Crippen LogP contribution >= 0.6 is 87.0 Å². The number of nitrogens with zero attached hydrogens (tertiary/aromatic N) is 8. The van der Waals surface area contributed by atoms with Crippen LogP contribution in [0.3, 0.4) is 0 Å². The number of aryl methyl sites for hydroxylation is 2. The van der Waals surface area contributed by atoms with Gasteiger partial charge in [0.15, 0.2) is 10.2 Å². The average Bonchev–Trinajstić information content (AvgIpc) is 3.58. The number of hydrogen-bond acceptors (Lipinski definition) is 7. The van der Waals surface area contributed by atoms with Crippen LogP contribution in [0, 0.1) is 42.2 Å². The Bertz CT molecular complexity index is 2550. The zero-order valence-electron chi connectivity index (χ0n) is 32.0. The van der Waals surface area contributed by atoms with E-state index in [0.717, 1.165) is 12.8 Å². The Morgan fingerprint density at radius 2 is 1.18 bits per heavy atom. The summed E-state index contributed by atoms with van der Waals surface area (Å²) < 4.78 is 29.3. The summed E-state index contributed by atoms with van der Waals surface area (Å²) >= 11 is 18.0. The number of anilines is 4. The van der Waals surface area contributed by atoms with Crippen LogP contribution in [0.4, 0.5) is 43.2 Å². The Morgan fingerprint density at radius 1 is 0.770 bits per heavy atom. The third kappa shape index (κ3) is 8.76. The normalized spacial score (nSPS) is 16.6. The van der Waals surface area contributed by atoms with Gasteiger partial charge in [0.1, 0.15) is 35.1 Å². The van der Waals surface area contributed by atoms with Gasteiger partial charge in [-0.2, -0.15) is 0 Å². The molecule has 2 spiro atoms. The van der Waals surface area contributed by atoms with Crippen molar-refractivity contribution in [3.05, 3.63) is 116 Å². The molecule has 8 rings (SSSR count). The minimum absolute atomic E-state index is 0. The maximum absolute atomic E-state index is 14.6. The molecular weight excluding hydrogens is 1200 g/mol. The number of halogens is 5. The molecule has 315 valence electrons. The van der Waals surface area contributed by atoms with Gasteiger partial charge >= 0.3 is 49.4 Å². The van der Waals surface area contributed by atoms with Gasteiger partial charge in [0.25, 0.3) is 29.4 Å². The number of amides is 3. The number of rotatable bonds is 5. The molecule has 12 nitrogen and oxygen atoms in total. The fourth-order valence-electron chi connectivity index (χ4n) is 7.59. The molecule has 0 unspecified atom stereocenters. The van der Waals surface area contributed by atoms with Gasteiger partial charge in [-0.15, -0.1) is 9.97 Å². The van der Waals surface area contributed by atoms with Crippen LogP contribution in [0.25, 0.3) is 9.69 Å². The fraction of sp³-hybridized carbons (Fsp3) is 0.293. The summed E-state index contributed by atoms with van der Waals surface area (Å²) in [6.45, 7) is 17.8. The third-order valence-electron chi connectivity index (χ3n) is 10.8. The standard InChI is InChI=1S/C21H18FN5O2S.C19H14FIN4OS.CH4.2HI.V/c1-12-9-14(11-25-17(12)23-2)26-19(29)21(7-4-8-21)27(20(26)30)13-5-6-15(16(22)10-13)18(28)24-3;1-11-8-13(10-23-16(11)22-2)24-17(26)19(6-3-7-19)25(18(24)27)12-4-5-15(21)14(20)9-12;;;;/h5-6,9-11H,4,7-8H2,1,3H3,(H,24,28);4-5,8-10H,3,6-7H2,1H3;1H4;2*1H;/q;;;;;+2/p-2. The van der Waals surface area contributed by atoms with Crippen LogP contribution in [0.1, 0.15) is 67.4 Å². The molecule has 0 radical (unpaired) electrons. The number of carbonyl (C=O) groups is 3.